The van der Waals surface area contributed by atoms with Crippen molar-refractivity contribution >= 4 is 21.6 Å². The minimum atomic E-state index is -3.60. The number of nitrogens with zero attached hydrogens (tertiary/aromatic N) is 2. The Balaban J connectivity index is 1.54. The number of anilines is 1. The van der Waals surface area contributed by atoms with E-state index in [2.05, 4.69) is 5.32 Å². The lowest BCUT2D eigenvalue weighted by Crippen LogP contribution is -2.50. The summed E-state index contributed by atoms with van der Waals surface area (Å²) in [4.78, 5) is 14.2. The number of amides is 1. The number of halogens is 1. The molecule has 3 rings (SSSR count). The number of benzene rings is 2. The first-order valence-electron chi connectivity index (χ1n) is 9.40. The van der Waals surface area contributed by atoms with E-state index in [0.29, 0.717) is 25.4 Å². The molecule has 2 aromatic carbocycles. The normalized spacial score (nSPS) is 15.8. The lowest BCUT2D eigenvalue weighted by Gasteiger charge is -2.33. The molecule has 0 aliphatic carbocycles. The lowest BCUT2D eigenvalue weighted by atomic mass is 10.3. The molecule has 0 unspecified atom stereocenters. The van der Waals surface area contributed by atoms with E-state index in [4.69, 9.17) is 4.74 Å². The molecule has 0 spiro atoms. The predicted octanol–water partition coefficient (Wildman–Crippen LogP) is 2.17. The first kappa shape index (κ1) is 21.2. The zero-order chi connectivity index (χ0) is 20.9. The van der Waals surface area contributed by atoms with Crippen molar-refractivity contribution in [2.75, 3.05) is 44.6 Å². The van der Waals surface area contributed by atoms with E-state index < -0.39 is 15.8 Å². The molecule has 0 saturated carbocycles. The molecule has 1 aliphatic heterocycles. The lowest BCUT2D eigenvalue weighted by molar-refractivity contribution is -0.117. The number of ether oxygens (including phenoxy) is 1. The third-order valence-electron chi connectivity index (χ3n) is 4.62. The molecule has 0 bridgehead atoms. The van der Waals surface area contributed by atoms with Gasteiger partial charge in [-0.05, 0) is 43.3 Å². The first-order valence-corrected chi connectivity index (χ1v) is 10.8. The van der Waals surface area contributed by atoms with E-state index in [1.807, 2.05) is 11.8 Å². The molecule has 0 radical (unpaired) electrons. The van der Waals surface area contributed by atoms with E-state index in [-0.39, 0.29) is 36.1 Å². The summed E-state index contributed by atoms with van der Waals surface area (Å²) in [5, 5.41) is 2.54. The van der Waals surface area contributed by atoms with Gasteiger partial charge in [-0.1, -0.05) is 12.1 Å². The van der Waals surface area contributed by atoms with E-state index >= 15 is 0 Å². The zero-order valence-electron chi connectivity index (χ0n) is 16.2. The highest BCUT2D eigenvalue weighted by atomic mass is 32.2. The van der Waals surface area contributed by atoms with Gasteiger partial charge in [-0.3, -0.25) is 9.69 Å². The van der Waals surface area contributed by atoms with Crippen LogP contribution >= 0.6 is 0 Å². The van der Waals surface area contributed by atoms with Crippen molar-refractivity contribution in [2.45, 2.75) is 11.8 Å². The molecule has 0 atom stereocenters. The second kappa shape index (κ2) is 9.34. The molecule has 29 heavy (non-hydrogen) atoms. The summed E-state index contributed by atoms with van der Waals surface area (Å²) >= 11 is 0. The van der Waals surface area contributed by atoms with Crippen LogP contribution < -0.4 is 10.1 Å². The summed E-state index contributed by atoms with van der Waals surface area (Å²) in [6, 6.07) is 12.3. The molecule has 9 heteroatoms. The average molecular weight is 421 g/mol. The van der Waals surface area contributed by atoms with Crippen molar-refractivity contribution in [2.24, 2.45) is 0 Å². The van der Waals surface area contributed by atoms with Gasteiger partial charge in [0, 0.05) is 26.2 Å². The van der Waals surface area contributed by atoms with Crippen LogP contribution in [0.3, 0.4) is 0 Å². The molecular weight excluding hydrogens is 397 g/mol. The quantitative estimate of drug-likeness (QED) is 0.741. The van der Waals surface area contributed by atoms with Crippen LogP contribution in [-0.2, 0) is 14.8 Å². The molecule has 2 aromatic rings. The smallest absolute Gasteiger partial charge is 0.243 e. The second-order valence-electron chi connectivity index (χ2n) is 6.61. The van der Waals surface area contributed by atoms with Gasteiger partial charge in [0.2, 0.25) is 15.9 Å². The van der Waals surface area contributed by atoms with E-state index in [9.17, 15) is 17.6 Å². The molecule has 7 nitrogen and oxygen atoms in total. The standard InChI is InChI=1S/C20H24FN3O4S/c1-2-28-16-7-9-17(10-8-16)29(26,27)24-13-11-23(12-14-24)15-20(25)22-19-6-4-3-5-18(19)21/h3-10H,2,11-15H2,1H3,(H,22,25). The Morgan fingerprint density at radius 1 is 1.07 bits per heavy atom. The molecule has 1 N–H and O–H groups in total. The number of nitrogens with one attached hydrogen (secondary N) is 1. The van der Waals surface area contributed by atoms with Crippen molar-refractivity contribution in [1.82, 2.24) is 9.21 Å². The van der Waals surface area contributed by atoms with Crippen molar-refractivity contribution in [1.29, 1.82) is 0 Å². The molecule has 1 heterocycles. The van der Waals surface area contributed by atoms with Crippen LogP contribution in [0.5, 0.6) is 5.75 Å². The number of para-hydroxylation sites is 1. The van der Waals surface area contributed by atoms with E-state index in [0.717, 1.165) is 0 Å². The van der Waals surface area contributed by atoms with Gasteiger partial charge in [0.15, 0.2) is 0 Å². The Hall–Kier alpha value is -2.49. The molecule has 156 valence electrons. The van der Waals surface area contributed by atoms with Gasteiger partial charge in [0.1, 0.15) is 11.6 Å². The summed E-state index contributed by atoms with van der Waals surface area (Å²) in [5.74, 6) is -0.206. The molecular formula is C20H24FN3O4S. The van der Waals surface area contributed by atoms with Gasteiger partial charge >= 0.3 is 0 Å². The predicted molar refractivity (Wildman–Crippen MR) is 108 cm³/mol. The maximum Gasteiger partial charge on any atom is 0.243 e. The highest BCUT2D eigenvalue weighted by Crippen LogP contribution is 2.21. The molecule has 0 aromatic heterocycles. The maximum absolute atomic E-state index is 13.6. The minimum Gasteiger partial charge on any atom is -0.494 e. The summed E-state index contributed by atoms with van der Waals surface area (Å²) in [5.41, 5.74) is 0.134. The molecule has 1 aliphatic rings. The number of hydrogen-bond donors (Lipinski definition) is 1. The SMILES string of the molecule is CCOc1ccc(S(=O)(=O)N2CCN(CC(=O)Nc3ccccc3F)CC2)cc1. The fourth-order valence-corrected chi connectivity index (χ4v) is 4.53. The van der Waals surface area contributed by atoms with Gasteiger partial charge in [-0.25, -0.2) is 12.8 Å². The third-order valence-corrected chi connectivity index (χ3v) is 6.53. The molecule has 1 fully saturated rings. The van der Waals surface area contributed by atoms with Gasteiger partial charge in [-0.2, -0.15) is 4.31 Å². The highest BCUT2D eigenvalue weighted by molar-refractivity contribution is 7.89. The van der Waals surface area contributed by atoms with Gasteiger partial charge in [-0.15, -0.1) is 0 Å². The van der Waals surface area contributed by atoms with Crippen LogP contribution in [0.4, 0.5) is 10.1 Å². The van der Waals surface area contributed by atoms with Gasteiger partial charge in [0.05, 0.1) is 23.7 Å². The largest absolute Gasteiger partial charge is 0.494 e. The van der Waals surface area contributed by atoms with Crippen molar-refractivity contribution in [3.05, 3.63) is 54.3 Å². The van der Waals surface area contributed by atoms with Crippen LogP contribution in [0.15, 0.2) is 53.4 Å². The number of carbonyl (C=O) groups excluding carboxylic acids is 1. The topological polar surface area (TPSA) is 79.0 Å². The highest BCUT2D eigenvalue weighted by Gasteiger charge is 2.29. The van der Waals surface area contributed by atoms with Crippen LogP contribution in [-0.4, -0.2) is 62.9 Å². The summed E-state index contributed by atoms with van der Waals surface area (Å²) < 4.78 is 46.0. The number of sulfonamides is 1. The fraction of sp³-hybridized carbons (Fsp3) is 0.350. The average Bonchev–Trinajstić information content (AvgIpc) is 2.71. The number of rotatable bonds is 7. The summed E-state index contributed by atoms with van der Waals surface area (Å²) in [6.07, 6.45) is 0. The van der Waals surface area contributed by atoms with Crippen LogP contribution in [0.1, 0.15) is 6.92 Å². The molecule has 1 saturated heterocycles. The van der Waals surface area contributed by atoms with Crippen molar-refractivity contribution in [3.8, 4) is 5.75 Å². The second-order valence-corrected chi connectivity index (χ2v) is 8.55. The Bertz CT molecular complexity index is 942. The Morgan fingerprint density at radius 3 is 2.34 bits per heavy atom. The Labute approximate surface area is 170 Å². The van der Waals surface area contributed by atoms with Crippen molar-refractivity contribution in [3.63, 3.8) is 0 Å². The van der Waals surface area contributed by atoms with Gasteiger partial charge < -0.3 is 10.1 Å². The monoisotopic (exact) mass is 421 g/mol. The number of piperazine rings is 1. The van der Waals surface area contributed by atoms with Crippen LogP contribution in [0, 0.1) is 5.82 Å². The summed E-state index contributed by atoms with van der Waals surface area (Å²) in [7, 11) is -3.60. The fourth-order valence-electron chi connectivity index (χ4n) is 3.11. The maximum atomic E-state index is 13.6. The van der Waals surface area contributed by atoms with Gasteiger partial charge in [0.25, 0.3) is 0 Å². The Morgan fingerprint density at radius 2 is 1.72 bits per heavy atom. The van der Waals surface area contributed by atoms with E-state index in [1.165, 1.54) is 28.6 Å². The van der Waals surface area contributed by atoms with Crippen LogP contribution in [0.2, 0.25) is 0 Å². The number of carbonyl (C=O) groups is 1. The van der Waals surface area contributed by atoms with Crippen LogP contribution in [0.25, 0.3) is 0 Å². The zero-order valence-corrected chi connectivity index (χ0v) is 17.0. The summed E-state index contributed by atoms with van der Waals surface area (Å²) in [6.45, 7) is 3.84. The number of hydrogen-bond acceptors (Lipinski definition) is 5. The third kappa shape index (κ3) is 5.31. The minimum absolute atomic E-state index is 0.0747. The Kier molecular flexibility index (Phi) is 6.83. The van der Waals surface area contributed by atoms with E-state index in [1.54, 1.807) is 24.3 Å². The first-order chi connectivity index (χ1) is 13.9. The molecule has 1 amide bonds. The van der Waals surface area contributed by atoms with Crippen molar-refractivity contribution < 1.29 is 22.3 Å².